The Balaban J connectivity index is 1.45. The molecule has 1 aliphatic rings. The molecule has 0 spiro atoms. The lowest BCUT2D eigenvalue weighted by Gasteiger charge is -2.20. The second-order valence-corrected chi connectivity index (χ2v) is 9.30. The lowest BCUT2D eigenvalue weighted by Crippen LogP contribution is -2.34. The van der Waals surface area contributed by atoms with E-state index in [4.69, 9.17) is 4.42 Å². The third-order valence-corrected chi connectivity index (χ3v) is 6.59. The summed E-state index contributed by atoms with van der Waals surface area (Å²) in [6, 6.07) is 18.4. The van der Waals surface area contributed by atoms with Crippen LogP contribution in [0.25, 0.3) is 10.6 Å². The van der Waals surface area contributed by atoms with Crippen LogP contribution in [0.15, 0.2) is 81.2 Å². The van der Waals surface area contributed by atoms with Gasteiger partial charge in [0.15, 0.2) is 0 Å². The van der Waals surface area contributed by atoms with Gasteiger partial charge in [-0.1, -0.05) is 29.8 Å². The first-order valence-corrected chi connectivity index (χ1v) is 11.4. The first kappa shape index (κ1) is 21.1. The highest BCUT2D eigenvalue weighted by Crippen LogP contribution is 2.33. The van der Waals surface area contributed by atoms with Gasteiger partial charge in [-0.05, 0) is 49.7 Å². The molecule has 33 heavy (non-hydrogen) atoms. The predicted molar refractivity (Wildman–Crippen MR) is 127 cm³/mol. The molecule has 8 heteroatoms. The molecule has 3 aromatic heterocycles. The molecular weight excluding hydrogens is 436 g/mol. The number of hydrogen-bond acceptors (Lipinski definition) is 6. The number of hydrazone groups is 1. The number of aryl methyl sites for hydroxylation is 2. The maximum atomic E-state index is 13.3. The van der Waals surface area contributed by atoms with Gasteiger partial charge >= 0.3 is 0 Å². The van der Waals surface area contributed by atoms with Crippen molar-refractivity contribution in [3.63, 3.8) is 0 Å². The minimum Gasteiger partial charge on any atom is -0.467 e. The Morgan fingerprint density at radius 1 is 1.09 bits per heavy atom. The summed E-state index contributed by atoms with van der Waals surface area (Å²) in [4.78, 5) is 27.9. The molecule has 1 aliphatic heterocycles. The van der Waals surface area contributed by atoms with Crippen molar-refractivity contribution in [3.05, 3.63) is 99.0 Å². The van der Waals surface area contributed by atoms with Gasteiger partial charge in [-0.15, -0.1) is 11.3 Å². The molecule has 1 unspecified atom stereocenters. The summed E-state index contributed by atoms with van der Waals surface area (Å²) in [5, 5.41) is 10.5. The second kappa shape index (κ2) is 8.63. The molecule has 0 N–H and O–H groups in total. The molecule has 0 radical (unpaired) electrons. The number of benzene rings is 1. The number of amides is 1. The number of nitrogens with zero attached hydrogens (tertiary/aromatic N) is 4. The van der Waals surface area contributed by atoms with Crippen molar-refractivity contribution >= 4 is 23.0 Å². The normalized spacial score (nSPS) is 15.6. The van der Waals surface area contributed by atoms with Crippen molar-refractivity contribution in [2.24, 2.45) is 5.10 Å². The number of thiophene rings is 1. The fourth-order valence-electron chi connectivity index (χ4n) is 3.83. The van der Waals surface area contributed by atoms with Gasteiger partial charge in [0.2, 0.25) is 0 Å². The summed E-state index contributed by atoms with van der Waals surface area (Å²) in [7, 11) is 0. The molecule has 0 saturated heterocycles. The fraction of sp³-hybridized carbons (Fsp3) is 0.200. The summed E-state index contributed by atoms with van der Waals surface area (Å²) in [5.41, 5.74) is 3.23. The minimum atomic E-state index is -0.373. The molecule has 5 rings (SSSR count). The van der Waals surface area contributed by atoms with Gasteiger partial charge < -0.3 is 4.42 Å². The number of furan rings is 1. The van der Waals surface area contributed by atoms with Crippen LogP contribution in [-0.2, 0) is 11.3 Å². The monoisotopic (exact) mass is 458 g/mol. The Morgan fingerprint density at radius 2 is 1.91 bits per heavy atom. The zero-order valence-corrected chi connectivity index (χ0v) is 19.1. The third kappa shape index (κ3) is 4.29. The van der Waals surface area contributed by atoms with Gasteiger partial charge in [0.25, 0.3) is 11.5 Å². The van der Waals surface area contributed by atoms with Crippen molar-refractivity contribution in [3.8, 4) is 10.6 Å². The van der Waals surface area contributed by atoms with Crippen LogP contribution in [0.1, 0.15) is 34.2 Å². The molecular formula is C25H22N4O3S. The standard InChI is InChI=1S/C25H22N4O3S/c1-16-5-8-18(9-6-16)20-14-21(22-4-3-13-32-22)29(27-20)25(31)15-28-24(30)12-10-19(26-28)23-11-7-17(2)33-23/h3-13,21H,14-15H2,1-2H3. The molecule has 1 aromatic carbocycles. The van der Waals surface area contributed by atoms with Crippen molar-refractivity contribution in [2.45, 2.75) is 32.9 Å². The highest BCUT2D eigenvalue weighted by molar-refractivity contribution is 7.15. The Morgan fingerprint density at radius 3 is 2.61 bits per heavy atom. The van der Waals surface area contributed by atoms with Crippen LogP contribution in [0.5, 0.6) is 0 Å². The van der Waals surface area contributed by atoms with Crippen molar-refractivity contribution in [1.29, 1.82) is 0 Å². The van der Waals surface area contributed by atoms with E-state index in [1.54, 1.807) is 29.7 Å². The van der Waals surface area contributed by atoms with E-state index in [1.165, 1.54) is 15.8 Å². The number of rotatable bonds is 5. The number of carbonyl (C=O) groups excluding carboxylic acids is 1. The van der Waals surface area contributed by atoms with Crippen LogP contribution in [0.4, 0.5) is 0 Å². The van der Waals surface area contributed by atoms with E-state index in [-0.39, 0.29) is 24.1 Å². The van der Waals surface area contributed by atoms with E-state index in [0.717, 1.165) is 26.6 Å². The zero-order chi connectivity index (χ0) is 22.9. The second-order valence-electron chi connectivity index (χ2n) is 8.01. The summed E-state index contributed by atoms with van der Waals surface area (Å²) < 4.78 is 6.80. The largest absolute Gasteiger partial charge is 0.467 e. The van der Waals surface area contributed by atoms with Crippen LogP contribution >= 0.6 is 11.3 Å². The predicted octanol–water partition coefficient (Wildman–Crippen LogP) is 4.56. The van der Waals surface area contributed by atoms with E-state index >= 15 is 0 Å². The number of carbonyl (C=O) groups is 1. The molecule has 4 aromatic rings. The van der Waals surface area contributed by atoms with Crippen LogP contribution in [0.2, 0.25) is 0 Å². The van der Waals surface area contributed by atoms with Crippen LogP contribution in [0, 0.1) is 13.8 Å². The molecule has 1 amide bonds. The minimum absolute atomic E-state index is 0.209. The fourth-order valence-corrected chi connectivity index (χ4v) is 4.66. The lowest BCUT2D eigenvalue weighted by molar-refractivity contribution is -0.134. The van der Waals surface area contributed by atoms with Gasteiger partial charge in [0.1, 0.15) is 24.0 Å². The van der Waals surface area contributed by atoms with Gasteiger partial charge in [0.05, 0.1) is 16.9 Å². The average molecular weight is 459 g/mol. The molecule has 0 aliphatic carbocycles. The maximum absolute atomic E-state index is 13.3. The topological polar surface area (TPSA) is 80.7 Å². The Kier molecular flexibility index (Phi) is 5.51. The molecule has 7 nitrogen and oxygen atoms in total. The molecule has 1 atom stereocenters. The van der Waals surface area contributed by atoms with Crippen LogP contribution < -0.4 is 5.56 Å². The Bertz CT molecular complexity index is 1380. The first-order chi connectivity index (χ1) is 16.0. The molecule has 166 valence electrons. The molecule has 0 fully saturated rings. The zero-order valence-electron chi connectivity index (χ0n) is 18.3. The van der Waals surface area contributed by atoms with E-state index in [2.05, 4.69) is 10.2 Å². The van der Waals surface area contributed by atoms with Gasteiger partial charge in [-0.2, -0.15) is 10.2 Å². The third-order valence-electron chi connectivity index (χ3n) is 5.57. The highest BCUT2D eigenvalue weighted by Gasteiger charge is 2.35. The number of aromatic nitrogens is 2. The number of hydrogen-bond donors (Lipinski definition) is 0. The summed E-state index contributed by atoms with van der Waals surface area (Å²) in [6.45, 7) is 3.83. The van der Waals surface area contributed by atoms with Gasteiger partial charge in [0, 0.05) is 17.4 Å². The summed E-state index contributed by atoms with van der Waals surface area (Å²) in [5.74, 6) is 0.324. The van der Waals surface area contributed by atoms with Gasteiger partial charge in [-0.25, -0.2) is 9.69 Å². The average Bonchev–Trinajstić information content (AvgIpc) is 3.56. The van der Waals surface area contributed by atoms with Crippen molar-refractivity contribution in [2.75, 3.05) is 0 Å². The Labute approximate surface area is 194 Å². The van der Waals surface area contributed by atoms with E-state index in [1.807, 2.05) is 56.3 Å². The summed E-state index contributed by atoms with van der Waals surface area (Å²) in [6.07, 6.45) is 2.11. The van der Waals surface area contributed by atoms with Gasteiger partial charge in [-0.3, -0.25) is 9.59 Å². The lowest BCUT2D eigenvalue weighted by atomic mass is 10.0. The SMILES string of the molecule is Cc1ccc(C2=NN(C(=O)Cn3nc(-c4ccc(C)s4)ccc3=O)C(c3ccco3)C2)cc1. The van der Waals surface area contributed by atoms with Crippen LogP contribution in [-0.4, -0.2) is 26.4 Å². The van der Waals surface area contributed by atoms with E-state index in [0.29, 0.717) is 17.9 Å². The molecule has 0 bridgehead atoms. The smallest absolute Gasteiger partial charge is 0.267 e. The molecule has 0 saturated carbocycles. The maximum Gasteiger partial charge on any atom is 0.267 e. The van der Waals surface area contributed by atoms with Crippen molar-refractivity contribution in [1.82, 2.24) is 14.8 Å². The van der Waals surface area contributed by atoms with Crippen molar-refractivity contribution < 1.29 is 9.21 Å². The summed E-state index contributed by atoms with van der Waals surface area (Å²) >= 11 is 1.59. The van der Waals surface area contributed by atoms with Crippen LogP contribution in [0.3, 0.4) is 0 Å². The Hall–Kier alpha value is -3.78. The quantitative estimate of drug-likeness (QED) is 0.439. The van der Waals surface area contributed by atoms with E-state index < -0.39 is 0 Å². The first-order valence-electron chi connectivity index (χ1n) is 10.6. The molecule has 4 heterocycles. The van der Waals surface area contributed by atoms with E-state index in [9.17, 15) is 9.59 Å². The highest BCUT2D eigenvalue weighted by atomic mass is 32.1.